The van der Waals surface area contributed by atoms with E-state index in [1.807, 2.05) is 32.0 Å². The normalized spacial score (nSPS) is 15.0. The summed E-state index contributed by atoms with van der Waals surface area (Å²) in [5, 5.41) is 3.44. The number of benzene rings is 2. The van der Waals surface area contributed by atoms with E-state index in [1.165, 1.54) is 5.56 Å². The van der Waals surface area contributed by atoms with Gasteiger partial charge in [0.25, 0.3) is 0 Å². The lowest BCUT2D eigenvalue weighted by atomic mass is 10.1. The first-order chi connectivity index (χ1) is 10.1. The predicted molar refractivity (Wildman–Crippen MR) is 85.0 cm³/mol. The smallest absolute Gasteiger partial charge is 0.246 e. The van der Waals surface area contributed by atoms with Crippen LogP contribution in [0.15, 0.2) is 48.5 Å². The third-order valence-electron chi connectivity index (χ3n) is 3.47. The van der Waals surface area contributed by atoms with Crippen LogP contribution in [-0.2, 0) is 6.42 Å². The summed E-state index contributed by atoms with van der Waals surface area (Å²) in [4.78, 5) is 0. The van der Waals surface area contributed by atoms with Crippen molar-refractivity contribution in [1.82, 2.24) is 0 Å². The molecule has 2 aromatic rings. The molecular weight excluding hydrogens is 262 g/mol. The lowest BCUT2D eigenvalue weighted by Gasteiger charge is -2.16. The van der Waals surface area contributed by atoms with Crippen molar-refractivity contribution in [1.29, 1.82) is 0 Å². The van der Waals surface area contributed by atoms with Gasteiger partial charge in [0.1, 0.15) is 0 Å². The van der Waals surface area contributed by atoms with Gasteiger partial charge in [-0.15, -0.1) is 0 Å². The molecule has 0 aromatic heterocycles. The zero-order chi connectivity index (χ0) is 14.7. The van der Waals surface area contributed by atoms with Crippen molar-refractivity contribution in [2.24, 2.45) is 0 Å². The number of anilines is 1. The van der Waals surface area contributed by atoms with Crippen molar-refractivity contribution in [2.75, 3.05) is 11.9 Å². The number of nitrogens with one attached hydrogen (secondary N) is 1. The molecule has 0 saturated heterocycles. The van der Waals surface area contributed by atoms with Gasteiger partial charge in [-0.25, -0.2) is 0 Å². The lowest BCUT2D eigenvalue weighted by Crippen LogP contribution is -2.29. The molecule has 110 valence electrons. The summed E-state index contributed by atoms with van der Waals surface area (Å²) in [5.41, 5.74) is 2.45. The van der Waals surface area contributed by atoms with Gasteiger partial charge in [-0.3, -0.25) is 0 Å². The van der Waals surface area contributed by atoms with Crippen LogP contribution in [0, 0.1) is 0 Å². The van der Waals surface area contributed by atoms with Crippen molar-refractivity contribution >= 4 is 5.69 Å². The summed E-state index contributed by atoms with van der Waals surface area (Å²) in [6.07, 6.45) is 2.19. The van der Waals surface area contributed by atoms with E-state index < -0.39 is 5.79 Å². The molecule has 0 atom stereocenters. The van der Waals surface area contributed by atoms with Crippen LogP contribution in [0.25, 0.3) is 0 Å². The summed E-state index contributed by atoms with van der Waals surface area (Å²) in [6, 6.07) is 16.6. The minimum Gasteiger partial charge on any atom is -0.449 e. The van der Waals surface area contributed by atoms with E-state index in [1.54, 1.807) is 0 Å². The van der Waals surface area contributed by atoms with E-state index in [0.29, 0.717) is 0 Å². The highest BCUT2D eigenvalue weighted by Gasteiger charge is 2.31. The highest BCUT2D eigenvalue weighted by molar-refractivity contribution is 5.56. The number of hydrogen-bond donors (Lipinski definition) is 1. The Morgan fingerprint density at radius 2 is 1.71 bits per heavy atom. The monoisotopic (exact) mass is 283 g/mol. The van der Waals surface area contributed by atoms with Crippen molar-refractivity contribution < 1.29 is 9.47 Å². The molecule has 0 aliphatic carbocycles. The molecule has 2 aromatic carbocycles. The molecule has 0 bridgehead atoms. The quantitative estimate of drug-likeness (QED) is 0.833. The second-order valence-corrected chi connectivity index (χ2v) is 5.78. The first-order valence-electron chi connectivity index (χ1n) is 7.42. The van der Waals surface area contributed by atoms with Gasteiger partial charge in [0.05, 0.1) is 0 Å². The van der Waals surface area contributed by atoms with Crippen LogP contribution in [0.2, 0.25) is 0 Å². The molecule has 3 heteroatoms. The summed E-state index contributed by atoms with van der Waals surface area (Å²) in [6.45, 7) is 4.78. The third-order valence-corrected chi connectivity index (χ3v) is 3.47. The van der Waals surface area contributed by atoms with E-state index in [2.05, 4.69) is 35.6 Å². The molecular formula is C18H21NO2. The molecule has 0 saturated carbocycles. The highest BCUT2D eigenvalue weighted by Crippen LogP contribution is 2.40. The van der Waals surface area contributed by atoms with E-state index in [0.717, 1.165) is 36.6 Å². The maximum atomic E-state index is 5.75. The Morgan fingerprint density at radius 1 is 0.952 bits per heavy atom. The van der Waals surface area contributed by atoms with Gasteiger partial charge in [0.2, 0.25) is 5.79 Å². The topological polar surface area (TPSA) is 30.5 Å². The summed E-state index contributed by atoms with van der Waals surface area (Å²) < 4.78 is 11.4. The van der Waals surface area contributed by atoms with E-state index in [-0.39, 0.29) is 0 Å². The number of rotatable bonds is 5. The molecule has 0 fully saturated rings. The highest BCUT2D eigenvalue weighted by atomic mass is 16.7. The van der Waals surface area contributed by atoms with Gasteiger partial charge in [0, 0.05) is 32.1 Å². The van der Waals surface area contributed by atoms with Gasteiger partial charge in [-0.2, -0.15) is 0 Å². The van der Waals surface area contributed by atoms with E-state index >= 15 is 0 Å². The number of hydrogen-bond acceptors (Lipinski definition) is 3. The van der Waals surface area contributed by atoms with E-state index in [4.69, 9.17) is 9.47 Å². The number of ether oxygens (including phenoxy) is 2. The van der Waals surface area contributed by atoms with Crippen LogP contribution in [-0.4, -0.2) is 12.3 Å². The van der Waals surface area contributed by atoms with Crippen LogP contribution < -0.4 is 14.8 Å². The third kappa shape index (κ3) is 3.48. The fraction of sp³-hybridized carbons (Fsp3) is 0.333. The molecule has 0 amide bonds. The SMILES string of the molecule is CC1(C)Oc2ccc(NCCCc3ccccc3)cc2O1. The summed E-state index contributed by atoms with van der Waals surface area (Å²) in [7, 11) is 0. The molecule has 1 aliphatic heterocycles. The Balaban J connectivity index is 1.51. The molecule has 0 spiro atoms. The van der Waals surface area contributed by atoms with Crippen LogP contribution in [0.4, 0.5) is 5.69 Å². The fourth-order valence-electron chi connectivity index (χ4n) is 2.50. The zero-order valence-electron chi connectivity index (χ0n) is 12.6. The Kier molecular flexibility index (Phi) is 3.74. The second-order valence-electron chi connectivity index (χ2n) is 5.78. The van der Waals surface area contributed by atoms with Crippen molar-refractivity contribution in [3.8, 4) is 11.5 Å². The fourth-order valence-corrected chi connectivity index (χ4v) is 2.50. The lowest BCUT2D eigenvalue weighted by molar-refractivity contribution is -0.0431. The Morgan fingerprint density at radius 3 is 2.52 bits per heavy atom. The predicted octanol–water partition coefficient (Wildman–Crippen LogP) is 4.24. The largest absolute Gasteiger partial charge is 0.449 e. The molecule has 21 heavy (non-hydrogen) atoms. The zero-order valence-corrected chi connectivity index (χ0v) is 12.6. The van der Waals surface area contributed by atoms with E-state index in [9.17, 15) is 0 Å². The minimum absolute atomic E-state index is 0.561. The summed E-state index contributed by atoms with van der Waals surface area (Å²) in [5.74, 6) is 1.07. The van der Waals surface area contributed by atoms with Gasteiger partial charge >= 0.3 is 0 Å². The van der Waals surface area contributed by atoms with Gasteiger partial charge in [-0.05, 0) is 30.5 Å². The molecule has 1 heterocycles. The summed E-state index contributed by atoms with van der Waals surface area (Å²) >= 11 is 0. The molecule has 0 unspecified atom stereocenters. The Bertz CT molecular complexity index is 608. The van der Waals surface area contributed by atoms with Crippen molar-refractivity contribution in [2.45, 2.75) is 32.5 Å². The first-order valence-corrected chi connectivity index (χ1v) is 7.42. The molecule has 1 N–H and O–H groups in total. The first kappa shape index (κ1) is 13.8. The van der Waals surface area contributed by atoms with Crippen LogP contribution >= 0.6 is 0 Å². The molecule has 3 rings (SSSR count). The maximum Gasteiger partial charge on any atom is 0.246 e. The van der Waals surface area contributed by atoms with Gasteiger partial charge in [0.15, 0.2) is 11.5 Å². The van der Waals surface area contributed by atoms with Gasteiger partial charge in [-0.1, -0.05) is 30.3 Å². The van der Waals surface area contributed by atoms with Crippen LogP contribution in [0.3, 0.4) is 0 Å². The average molecular weight is 283 g/mol. The molecule has 0 radical (unpaired) electrons. The second kappa shape index (κ2) is 5.68. The van der Waals surface area contributed by atoms with Crippen LogP contribution in [0.1, 0.15) is 25.8 Å². The van der Waals surface area contributed by atoms with Crippen molar-refractivity contribution in [3.05, 3.63) is 54.1 Å². The molecule has 1 aliphatic rings. The molecule has 3 nitrogen and oxygen atoms in total. The maximum absolute atomic E-state index is 5.75. The van der Waals surface area contributed by atoms with Gasteiger partial charge < -0.3 is 14.8 Å². The number of fused-ring (bicyclic) bond motifs is 1. The Hall–Kier alpha value is -2.16. The Labute approximate surface area is 125 Å². The standard InChI is InChI=1S/C18H21NO2/c1-18(2)20-16-11-10-15(13-17(16)21-18)19-12-6-9-14-7-4-3-5-8-14/h3-5,7-8,10-11,13,19H,6,9,12H2,1-2H3. The van der Waals surface area contributed by atoms with Crippen LogP contribution in [0.5, 0.6) is 11.5 Å². The number of aryl methyl sites for hydroxylation is 1. The minimum atomic E-state index is -0.561. The average Bonchev–Trinajstić information content (AvgIpc) is 2.78. The van der Waals surface area contributed by atoms with Crippen molar-refractivity contribution in [3.63, 3.8) is 0 Å².